The number of likely N-dealkylation sites (tertiary alicyclic amines) is 1. The molecule has 0 spiro atoms. The van der Waals surface area contributed by atoms with Gasteiger partial charge in [-0.2, -0.15) is 0 Å². The highest BCUT2D eigenvalue weighted by Gasteiger charge is 2.36. The number of benzene rings is 2. The predicted molar refractivity (Wildman–Crippen MR) is 90.3 cm³/mol. The van der Waals surface area contributed by atoms with Gasteiger partial charge in [0.15, 0.2) is 11.6 Å². The summed E-state index contributed by atoms with van der Waals surface area (Å²) in [7, 11) is 0. The summed E-state index contributed by atoms with van der Waals surface area (Å²) in [6.07, 6.45) is 0. The van der Waals surface area contributed by atoms with E-state index in [1.165, 1.54) is 11.0 Å². The molecule has 0 aromatic heterocycles. The van der Waals surface area contributed by atoms with Gasteiger partial charge in [0, 0.05) is 24.3 Å². The molecule has 1 aliphatic rings. The number of rotatable bonds is 3. The van der Waals surface area contributed by atoms with Crippen LogP contribution in [0.4, 0.5) is 14.5 Å². The fraction of sp³-hybridized carbons (Fsp3) is 0.263. The number of aryl methyl sites for hydroxylation is 2. The molecule has 3 rings (SSSR count). The average molecular weight is 344 g/mol. The van der Waals surface area contributed by atoms with Crippen LogP contribution in [0.1, 0.15) is 21.5 Å². The van der Waals surface area contributed by atoms with Gasteiger partial charge >= 0.3 is 0 Å². The van der Waals surface area contributed by atoms with Crippen LogP contribution < -0.4 is 5.32 Å². The molecule has 1 N–H and O–H groups in total. The molecular formula is C19H18F2N2O2. The van der Waals surface area contributed by atoms with Gasteiger partial charge in [-0.3, -0.25) is 9.59 Å². The monoisotopic (exact) mass is 344 g/mol. The molecular weight excluding hydrogens is 326 g/mol. The minimum Gasteiger partial charge on any atom is -0.337 e. The van der Waals surface area contributed by atoms with Gasteiger partial charge in [-0.15, -0.1) is 0 Å². The van der Waals surface area contributed by atoms with Crippen molar-refractivity contribution >= 4 is 17.5 Å². The zero-order valence-electron chi connectivity index (χ0n) is 14.0. The van der Waals surface area contributed by atoms with Crippen molar-refractivity contribution < 1.29 is 18.4 Å². The first-order chi connectivity index (χ1) is 11.8. The van der Waals surface area contributed by atoms with Gasteiger partial charge in [-0.25, -0.2) is 8.78 Å². The Kier molecular flexibility index (Phi) is 4.53. The van der Waals surface area contributed by atoms with Crippen LogP contribution in [0.15, 0.2) is 36.4 Å². The number of halogens is 2. The van der Waals surface area contributed by atoms with Crippen LogP contribution in [0.3, 0.4) is 0 Å². The largest absolute Gasteiger partial charge is 0.337 e. The van der Waals surface area contributed by atoms with Gasteiger partial charge in [0.1, 0.15) is 0 Å². The van der Waals surface area contributed by atoms with Gasteiger partial charge in [-0.05, 0) is 55.3 Å². The van der Waals surface area contributed by atoms with E-state index >= 15 is 0 Å². The SMILES string of the molecule is Cc1ccc(NC(=O)C2CN(C(=O)c3ccc(F)c(F)c3)C2)cc1C. The van der Waals surface area contributed by atoms with Gasteiger partial charge < -0.3 is 10.2 Å². The van der Waals surface area contributed by atoms with E-state index in [2.05, 4.69) is 5.32 Å². The lowest BCUT2D eigenvalue weighted by Crippen LogP contribution is -2.54. The molecule has 0 unspecified atom stereocenters. The maximum absolute atomic E-state index is 13.2. The molecule has 2 amide bonds. The third-order valence-electron chi connectivity index (χ3n) is 4.48. The van der Waals surface area contributed by atoms with Crippen molar-refractivity contribution in [3.63, 3.8) is 0 Å². The molecule has 0 radical (unpaired) electrons. The third-order valence-corrected chi connectivity index (χ3v) is 4.48. The smallest absolute Gasteiger partial charge is 0.254 e. The Hall–Kier alpha value is -2.76. The quantitative estimate of drug-likeness (QED) is 0.929. The average Bonchev–Trinajstić information content (AvgIpc) is 2.52. The lowest BCUT2D eigenvalue weighted by atomic mass is 9.97. The van der Waals surface area contributed by atoms with Gasteiger partial charge in [0.25, 0.3) is 5.91 Å². The second-order valence-electron chi connectivity index (χ2n) is 6.32. The molecule has 0 saturated carbocycles. The molecule has 0 bridgehead atoms. The highest BCUT2D eigenvalue weighted by atomic mass is 19.2. The Balaban J connectivity index is 1.57. The molecule has 0 aliphatic carbocycles. The number of carbonyl (C=O) groups excluding carboxylic acids is 2. The summed E-state index contributed by atoms with van der Waals surface area (Å²) in [5.41, 5.74) is 3.02. The highest BCUT2D eigenvalue weighted by Crippen LogP contribution is 2.22. The Labute approximate surface area is 144 Å². The van der Waals surface area contributed by atoms with Crippen molar-refractivity contribution in [2.75, 3.05) is 18.4 Å². The minimum atomic E-state index is -1.06. The summed E-state index contributed by atoms with van der Waals surface area (Å²) in [6.45, 7) is 4.48. The number of amides is 2. The van der Waals surface area contributed by atoms with E-state index < -0.39 is 17.5 Å². The van der Waals surface area contributed by atoms with E-state index in [-0.39, 0.29) is 30.5 Å². The summed E-state index contributed by atoms with van der Waals surface area (Å²) >= 11 is 0. The van der Waals surface area contributed by atoms with Crippen molar-refractivity contribution in [1.82, 2.24) is 4.90 Å². The zero-order chi connectivity index (χ0) is 18.1. The third kappa shape index (κ3) is 3.52. The Morgan fingerprint density at radius 1 is 1.00 bits per heavy atom. The molecule has 130 valence electrons. The first-order valence-corrected chi connectivity index (χ1v) is 7.97. The summed E-state index contributed by atoms with van der Waals surface area (Å²) in [6, 6.07) is 8.71. The van der Waals surface area contributed by atoms with Gasteiger partial charge in [-0.1, -0.05) is 6.07 Å². The van der Waals surface area contributed by atoms with E-state index in [4.69, 9.17) is 0 Å². The molecule has 1 aliphatic heterocycles. The fourth-order valence-corrected chi connectivity index (χ4v) is 2.69. The summed E-state index contributed by atoms with van der Waals surface area (Å²) in [5.74, 6) is -2.93. The van der Waals surface area contributed by atoms with Crippen LogP contribution >= 0.6 is 0 Å². The number of carbonyl (C=O) groups is 2. The maximum atomic E-state index is 13.2. The summed E-state index contributed by atoms with van der Waals surface area (Å²) < 4.78 is 26.2. The van der Waals surface area contributed by atoms with Crippen LogP contribution in [0.5, 0.6) is 0 Å². The predicted octanol–water partition coefficient (Wildman–Crippen LogP) is 3.29. The Morgan fingerprint density at radius 3 is 2.36 bits per heavy atom. The first kappa shape index (κ1) is 17.1. The summed E-state index contributed by atoms with van der Waals surface area (Å²) in [4.78, 5) is 25.9. The molecule has 2 aromatic rings. The molecule has 2 aromatic carbocycles. The van der Waals surface area contributed by atoms with E-state index in [1.54, 1.807) is 0 Å². The Morgan fingerprint density at radius 2 is 1.72 bits per heavy atom. The zero-order valence-corrected chi connectivity index (χ0v) is 14.0. The van der Waals surface area contributed by atoms with Gasteiger partial charge in [0.05, 0.1) is 5.92 Å². The number of nitrogens with zero attached hydrogens (tertiary/aromatic N) is 1. The standard InChI is InChI=1S/C19H18F2N2O2/c1-11-3-5-15(7-12(11)2)22-18(24)14-9-23(10-14)19(25)13-4-6-16(20)17(21)8-13/h3-8,14H,9-10H2,1-2H3,(H,22,24). The van der Waals surface area contributed by atoms with E-state index in [0.717, 1.165) is 28.9 Å². The Bertz CT molecular complexity index is 845. The molecule has 25 heavy (non-hydrogen) atoms. The van der Waals surface area contributed by atoms with Crippen LogP contribution in [-0.4, -0.2) is 29.8 Å². The minimum absolute atomic E-state index is 0.0758. The van der Waals surface area contributed by atoms with E-state index in [0.29, 0.717) is 0 Å². The van der Waals surface area contributed by atoms with E-state index in [9.17, 15) is 18.4 Å². The second kappa shape index (κ2) is 6.63. The molecule has 4 nitrogen and oxygen atoms in total. The molecule has 1 saturated heterocycles. The van der Waals surface area contributed by atoms with Crippen LogP contribution in [0.2, 0.25) is 0 Å². The fourth-order valence-electron chi connectivity index (χ4n) is 2.69. The lowest BCUT2D eigenvalue weighted by molar-refractivity contribution is -0.123. The lowest BCUT2D eigenvalue weighted by Gasteiger charge is -2.38. The van der Waals surface area contributed by atoms with E-state index in [1.807, 2.05) is 32.0 Å². The maximum Gasteiger partial charge on any atom is 0.254 e. The number of hydrogen-bond acceptors (Lipinski definition) is 2. The van der Waals surface area contributed by atoms with Crippen molar-refractivity contribution in [2.24, 2.45) is 5.92 Å². The normalized spacial score (nSPS) is 14.2. The van der Waals surface area contributed by atoms with Crippen molar-refractivity contribution in [2.45, 2.75) is 13.8 Å². The van der Waals surface area contributed by atoms with Gasteiger partial charge in [0.2, 0.25) is 5.91 Å². The number of hydrogen-bond donors (Lipinski definition) is 1. The van der Waals surface area contributed by atoms with Crippen molar-refractivity contribution in [1.29, 1.82) is 0 Å². The van der Waals surface area contributed by atoms with Crippen LogP contribution in [0.25, 0.3) is 0 Å². The first-order valence-electron chi connectivity index (χ1n) is 7.97. The van der Waals surface area contributed by atoms with Crippen molar-refractivity contribution in [3.8, 4) is 0 Å². The number of anilines is 1. The molecule has 1 heterocycles. The van der Waals surface area contributed by atoms with Crippen molar-refractivity contribution in [3.05, 3.63) is 64.7 Å². The topological polar surface area (TPSA) is 49.4 Å². The molecule has 1 fully saturated rings. The highest BCUT2D eigenvalue weighted by molar-refractivity contribution is 5.98. The summed E-state index contributed by atoms with van der Waals surface area (Å²) in [5, 5.41) is 2.84. The molecule has 0 atom stereocenters. The molecule has 6 heteroatoms. The number of nitrogens with one attached hydrogen (secondary N) is 1. The second-order valence-corrected chi connectivity index (χ2v) is 6.32. The van der Waals surface area contributed by atoms with Crippen LogP contribution in [-0.2, 0) is 4.79 Å². The van der Waals surface area contributed by atoms with Crippen LogP contribution in [0, 0.1) is 31.4 Å².